The van der Waals surface area contributed by atoms with Gasteiger partial charge in [0, 0.05) is 16.5 Å². The molecule has 0 fully saturated rings. The van der Waals surface area contributed by atoms with E-state index in [0.717, 1.165) is 10.9 Å². The van der Waals surface area contributed by atoms with Gasteiger partial charge in [0.1, 0.15) is 11.3 Å². The number of aryl methyl sites for hydroxylation is 2. The Kier molecular flexibility index (Phi) is 6.02. The van der Waals surface area contributed by atoms with E-state index >= 15 is 0 Å². The normalized spacial score (nSPS) is 12.0. The second-order valence-corrected chi connectivity index (χ2v) is 6.22. The lowest BCUT2D eigenvalue weighted by Gasteiger charge is -2.19. The Bertz CT molecular complexity index is 899. The number of rotatable bonds is 7. The Morgan fingerprint density at radius 2 is 1.88 bits per heavy atom. The zero-order valence-electron chi connectivity index (χ0n) is 15.3. The van der Waals surface area contributed by atoms with Crippen LogP contribution in [-0.2, 0) is 9.59 Å². The first-order chi connectivity index (χ1) is 12.3. The number of hydrogen-bond acceptors (Lipinski definition) is 6. The van der Waals surface area contributed by atoms with Gasteiger partial charge in [-0.1, -0.05) is 13.3 Å². The van der Waals surface area contributed by atoms with Crippen LogP contribution in [0, 0.1) is 20.8 Å². The van der Waals surface area contributed by atoms with Gasteiger partial charge in [-0.25, -0.2) is 4.79 Å². The van der Waals surface area contributed by atoms with E-state index in [1.165, 1.54) is 0 Å². The monoisotopic (exact) mass is 360 g/mol. The predicted octanol–water partition coefficient (Wildman–Crippen LogP) is 1.13. The van der Waals surface area contributed by atoms with Crippen molar-refractivity contribution in [2.24, 2.45) is 0 Å². The topological polar surface area (TPSA) is 109 Å². The number of ether oxygens (including phenoxy) is 1. The van der Waals surface area contributed by atoms with Gasteiger partial charge in [-0.15, -0.1) is 0 Å². The van der Waals surface area contributed by atoms with Crippen LogP contribution in [0.3, 0.4) is 0 Å². The number of amides is 1. The van der Waals surface area contributed by atoms with E-state index in [0.29, 0.717) is 28.9 Å². The molecule has 2 rings (SSSR count). The van der Waals surface area contributed by atoms with Gasteiger partial charge < -0.3 is 24.4 Å². The SMILES string of the molecule is CCC[C@H](NC(=O)COc1ccc2c(C)c(C)c(=O)oc2c1C)C(=O)[O-]. The first-order valence-electron chi connectivity index (χ1n) is 8.42. The van der Waals surface area contributed by atoms with Crippen molar-refractivity contribution in [1.82, 2.24) is 5.32 Å². The summed E-state index contributed by atoms with van der Waals surface area (Å²) in [7, 11) is 0. The summed E-state index contributed by atoms with van der Waals surface area (Å²) in [6, 6.07) is 2.42. The fourth-order valence-corrected chi connectivity index (χ4v) is 2.70. The van der Waals surface area contributed by atoms with Gasteiger partial charge >= 0.3 is 5.63 Å². The summed E-state index contributed by atoms with van der Waals surface area (Å²) >= 11 is 0. The molecule has 0 saturated carbocycles. The fourth-order valence-electron chi connectivity index (χ4n) is 2.70. The molecule has 0 unspecified atom stereocenters. The molecule has 2 aromatic rings. The summed E-state index contributed by atoms with van der Waals surface area (Å²) in [5.74, 6) is -1.50. The zero-order valence-corrected chi connectivity index (χ0v) is 15.3. The molecule has 140 valence electrons. The third kappa shape index (κ3) is 4.04. The third-order valence-corrected chi connectivity index (χ3v) is 4.38. The number of benzene rings is 1. The highest BCUT2D eigenvalue weighted by Crippen LogP contribution is 2.29. The number of carboxylic acids is 1. The molecule has 1 heterocycles. The summed E-state index contributed by atoms with van der Waals surface area (Å²) in [4.78, 5) is 34.8. The highest BCUT2D eigenvalue weighted by molar-refractivity contribution is 5.86. The van der Waals surface area contributed by atoms with Crippen molar-refractivity contribution < 1.29 is 23.8 Å². The van der Waals surface area contributed by atoms with Crippen LogP contribution >= 0.6 is 0 Å². The minimum absolute atomic E-state index is 0.285. The predicted molar refractivity (Wildman–Crippen MR) is 94.0 cm³/mol. The van der Waals surface area contributed by atoms with Gasteiger partial charge in [0.25, 0.3) is 5.91 Å². The maximum atomic E-state index is 11.9. The van der Waals surface area contributed by atoms with Crippen molar-refractivity contribution in [3.8, 4) is 5.75 Å². The van der Waals surface area contributed by atoms with Crippen LogP contribution in [0.1, 0.15) is 36.5 Å². The lowest BCUT2D eigenvalue weighted by atomic mass is 10.0. The van der Waals surface area contributed by atoms with E-state index in [2.05, 4.69) is 5.32 Å². The highest BCUT2D eigenvalue weighted by atomic mass is 16.5. The highest BCUT2D eigenvalue weighted by Gasteiger charge is 2.16. The van der Waals surface area contributed by atoms with Crippen LogP contribution in [0.25, 0.3) is 11.0 Å². The summed E-state index contributed by atoms with van der Waals surface area (Å²) in [6.07, 6.45) is 0.883. The molecule has 1 amide bonds. The van der Waals surface area contributed by atoms with Crippen molar-refractivity contribution in [1.29, 1.82) is 0 Å². The van der Waals surface area contributed by atoms with E-state index in [-0.39, 0.29) is 13.0 Å². The lowest BCUT2D eigenvalue weighted by molar-refractivity contribution is -0.308. The standard InChI is InChI=1S/C19H23NO6/c1-5-6-14(18(22)23)20-16(21)9-25-15-8-7-13-10(2)11(3)19(24)26-17(13)12(15)4/h7-8,14H,5-6,9H2,1-4H3,(H,20,21)(H,22,23)/p-1/t14-/m0/s1. The summed E-state index contributed by atoms with van der Waals surface area (Å²) in [5.41, 5.74) is 1.98. The molecule has 1 aromatic heterocycles. The molecule has 0 spiro atoms. The molecule has 0 radical (unpaired) electrons. The number of nitrogens with one attached hydrogen (secondary N) is 1. The summed E-state index contributed by atoms with van der Waals surface area (Å²) in [5, 5.41) is 14.2. The molecular formula is C19H22NO6-. The molecule has 0 aliphatic carbocycles. The Morgan fingerprint density at radius 1 is 1.19 bits per heavy atom. The maximum absolute atomic E-state index is 11.9. The molecule has 0 aliphatic heterocycles. The van der Waals surface area contributed by atoms with Crippen molar-refractivity contribution in [3.05, 3.63) is 39.2 Å². The maximum Gasteiger partial charge on any atom is 0.339 e. The molecule has 1 atom stereocenters. The number of carbonyl (C=O) groups is 2. The largest absolute Gasteiger partial charge is 0.548 e. The Hall–Kier alpha value is -2.83. The van der Waals surface area contributed by atoms with Crippen LogP contribution in [-0.4, -0.2) is 24.5 Å². The molecule has 7 nitrogen and oxygen atoms in total. The van der Waals surface area contributed by atoms with Gasteiger partial charge in [-0.05, 0) is 44.9 Å². The van der Waals surface area contributed by atoms with Gasteiger partial charge in [0.15, 0.2) is 6.61 Å². The summed E-state index contributed by atoms with van der Waals surface area (Å²) < 4.78 is 10.8. The van der Waals surface area contributed by atoms with Crippen LogP contribution < -0.4 is 20.8 Å². The number of fused-ring (bicyclic) bond motifs is 1. The molecular weight excluding hydrogens is 338 g/mol. The molecule has 0 aliphatic rings. The number of aliphatic carboxylic acids is 1. The minimum Gasteiger partial charge on any atom is -0.548 e. The zero-order chi connectivity index (χ0) is 19.4. The minimum atomic E-state index is -1.32. The quantitative estimate of drug-likeness (QED) is 0.742. The average Bonchev–Trinajstić information content (AvgIpc) is 2.59. The van der Waals surface area contributed by atoms with Crippen LogP contribution in [0.5, 0.6) is 5.75 Å². The summed E-state index contributed by atoms with van der Waals surface area (Å²) in [6.45, 7) is 6.74. The van der Waals surface area contributed by atoms with Gasteiger partial charge in [0.2, 0.25) is 0 Å². The second kappa shape index (κ2) is 8.03. The number of carboxylic acid groups (broad SMARTS) is 1. The molecule has 0 saturated heterocycles. The number of hydrogen-bond donors (Lipinski definition) is 1. The number of carbonyl (C=O) groups excluding carboxylic acids is 2. The third-order valence-electron chi connectivity index (χ3n) is 4.38. The molecule has 1 aromatic carbocycles. The smallest absolute Gasteiger partial charge is 0.339 e. The van der Waals surface area contributed by atoms with E-state index < -0.39 is 23.5 Å². The van der Waals surface area contributed by atoms with Gasteiger partial charge in [0.05, 0.1) is 12.0 Å². The average molecular weight is 360 g/mol. The van der Waals surface area contributed by atoms with Crippen molar-refractivity contribution in [3.63, 3.8) is 0 Å². The van der Waals surface area contributed by atoms with E-state index in [1.807, 2.05) is 13.8 Å². The van der Waals surface area contributed by atoms with Crippen molar-refractivity contribution in [2.45, 2.75) is 46.6 Å². The lowest BCUT2D eigenvalue weighted by Crippen LogP contribution is -2.49. The molecule has 0 bridgehead atoms. The van der Waals surface area contributed by atoms with Crippen molar-refractivity contribution in [2.75, 3.05) is 6.61 Å². The van der Waals surface area contributed by atoms with Crippen LogP contribution in [0.4, 0.5) is 0 Å². The van der Waals surface area contributed by atoms with E-state index in [4.69, 9.17) is 9.15 Å². The second-order valence-electron chi connectivity index (χ2n) is 6.22. The Morgan fingerprint density at radius 3 is 2.50 bits per heavy atom. The first kappa shape index (κ1) is 19.5. The van der Waals surface area contributed by atoms with E-state index in [9.17, 15) is 19.5 Å². The van der Waals surface area contributed by atoms with Crippen LogP contribution in [0.15, 0.2) is 21.3 Å². The first-order valence-corrected chi connectivity index (χ1v) is 8.42. The van der Waals surface area contributed by atoms with Crippen LogP contribution in [0.2, 0.25) is 0 Å². The Labute approximate surface area is 151 Å². The van der Waals surface area contributed by atoms with Crippen molar-refractivity contribution >= 4 is 22.8 Å². The Balaban J connectivity index is 2.18. The fraction of sp³-hybridized carbons (Fsp3) is 0.421. The molecule has 1 N–H and O–H groups in total. The molecule has 7 heteroatoms. The molecule has 26 heavy (non-hydrogen) atoms. The van der Waals surface area contributed by atoms with E-state index in [1.54, 1.807) is 26.0 Å². The van der Waals surface area contributed by atoms with Gasteiger partial charge in [-0.2, -0.15) is 0 Å². The van der Waals surface area contributed by atoms with Gasteiger partial charge in [-0.3, -0.25) is 4.79 Å².